The van der Waals surface area contributed by atoms with Gasteiger partial charge in [-0.15, -0.1) is 0 Å². The summed E-state index contributed by atoms with van der Waals surface area (Å²) in [6, 6.07) is 5.14. The molecule has 2 rings (SSSR count). The molecule has 0 bridgehead atoms. The number of carbonyl (C=O) groups excluding carboxylic acids is 1. The first-order chi connectivity index (χ1) is 9.52. The van der Waals surface area contributed by atoms with Crippen LogP contribution in [0.4, 0.5) is 5.69 Å². The smallest absolute Gasteiger partial charge is 0.354 e. The van der Waals surface area contributed by atoms with Crippen LogP contribution in [0.3, 0.4) is 0 Å². The van der Waals surface area contributed by atoms with Gasteiger partial charge in [0, 0.05) is 5.69 Å². The first kappa shape index (κ1) is 13.6. The van der Waals surface area contributed by atoms with Crippen molar-refractivity contribution in [1.29, 1.82) is 0 Å². The van der Waals surface area contributed by atoms with Crippen molar-refractivity contribution in [2.45, 2.75) is 6.92 Å². The fourth-order valence-corrected chi connectivity index (χ4v) is 1.71. The maximum Gasteiger partial charge on any atom is 0.354 e. The van der Waals surface area contributed by atoms with Crippen LogP contribution < -0.4 is 10.1 Å². The lowest BCUT2D eigenvalue weighted by Crippen LogP contribution is -2.17. The number of carboxylic acids is 1. The second-order valence-electron chi connectivity index (χ2n) is 4.07. The number of aromatic amines is 1. The number of methoxy groups -OCH3 is 1. The van der Waals surface area contributed by atoms with Crippen molar-refractivity contribution in [3.8, 4) is 5.75 Å². The number of nitrogens with zero attached hydrogens (tertiary/aromatic N) is 1. The Bertz CT molecular complexity index is 663. The van der Waals surface area contributed by atoms with E-state index in [-0.39, 0.29) is 11.4 Å². The topological polar surface area (TPSA) is 104 Å². The predicted molar refractivity (Wildman–Crippen MR) is 71.2 cm³/mol. The zero-order chi connectivity index (χ0) is 14.7. The number of carboxylic acid groups (broad SMARTS) is 1. The molecule has 0 atom stereocenters. The quantitative estimate of drug-likeness (QED) is 0.787. The van der Waals surface area contributed by atoms with E-state index in [0.29, 0.717) is 11.4 Å². The molecule has 1 aromatic carbocycles. The summed E-state index contributed by atoms with van der Waals surface area (Å²) in [5.41, 5.74) is 0.960. The van der Waals surface area contributed by atoms with Crippen molar-refractivity contribution in [3.63, 3.8) is 0 Å². The Morgan fingerprint density at radius 2 is 2.15 bits per heavy atom. The van der Waals surface area contributed by atoms with Gasteiger partial charge in [-0.3, -0.25) is 4.79 Å². The highest BCUT2D eigenvalue weighted by Crippen LogP contribution is 2.21. The number of aromatic nitrogens is 2. The molecule has 1 aromatic heterocycles. The number of hydrogen-bond acceptors (Lipinski definition) is 4. The van der Waals surface area contributed by atoms with Crippen molar-refractivity contribution < 1.29 is 19.4 Å². The maximum atomic E-state index is 12.0. The normalized spacial score (nSPS) is 10.1. The molecule has 0 unspecified atom stereocenters. The van der Waals surface area contributed by atoms with Crippen LogP contribution in [0.15, 0.2) is 24.5 Å². The lowest BCUT2D eigenvalue weighted by Gasteiger charge is -2.09. The van der Waals surface area contributed by atoms with Gasteiger partial charge in [-0.1, -0.05) is 0 Å². The monoisotopic (exact) mass is 275 g/mol. The molecule has 0 aliphatic rings. The molecule has 0 aliphatic heterocycles. The number of H-pyrrole nitrogens is 1. The highest BCUT2D eigenvalue weighted by molar-refractivity contribution is 6.08. The number of ether oxygens (including phenoxy) is 1. The van der Waals surface area contributed by atoms with E-state index < -0.39 is 11.9 Å². The van der Waals surface area contributed by atoms with Crippen LogP contribution in [0.2, 0.25) is 0 Å². The molecule has 0 saturated carbocycles. The first-order valence-electron chi connectivity index (χ1n) is 5.75. The molecule has 2 aromatic rings. The number of amides is 1. The molecule has 1 amide bonds. The molecule has 104 valence electrons. The van der Waals surface area contributed by atoms with Crippen LogP contribution in [0.1, 0.15) is 26.5 Å². The van der Waals surface area contributed by atoms with Crippen molar-refractivity contribution in [1.82, 2.24) is 9.97 Å². The van der Waals surface area contributed by atoms with Crippen molar-refractivity contribution in [2.24, 2.45) is 0 Å². The lowest BCUT2D eigenvalue weighted by molar-refractivity contribution is 0.0686. The largest absolute Gasteiger partial charge is 0.497 e. The summed E-state index contributed by atoms with van der Waals surface area (Å²) < 4.78 is 5.07. The van der Waals surface area contributed by atoms with E-state index in [9.17, 15) is 9.59 Å². The highest BCUT2D eigenvalue weighted by Gasteiger charge is 2.20. The summed E-state index contributed by atoms with van der Waals surface area (Å²) in [4.78, 5) is 29.1. The van der Waals surface area contributed by atoms with Crippen LogP contribution >= 0.6 is 0 Å². The number of nitrogens with one attached hydrogen (secondary N) is 2. The molecule has 0 saturated heterocycles. The van der Waals surface area contributed by atoms with Crippen LogP contribution in [0.5, 0.6) is 5.75 Å². The van der Waals surface area contributed by atoms with Crippen LogP contribution in [0.25, 0.3) is 0 Å². The molecule has 7 heteroatoms. The summed E-state index contributed by atoms with van der Waals surface area (Å²) in [6.07, 6.45) is 1.17. The Balaban J connectivity index is 2.23. The molecule has 0 aliphatic carbocycles. The molecule has 20 heavy (non-hydrogen) atoms. The van der Waals surface area contributed by atoms with E-state index in [1.807, 2.05) is 0 Å². The van der Waals surface area contributed by atoms with E-state index in [2.05, 4.69) is 15.3 Å². The SMILES string of the molecule is COc1ccc(NC(=O)c2nc[nH]c2C(=O)O)c(C)c1. The minimum atomic E-state index is -1.24. The summed E-state index contributed by atoms with van der Waals surface area (Å²) in [5, 5.41) is 11.5. The molecule has 0 radical (unpaired) electrons. The Morgan fingerprint density at radius 1 is 1.40 bits per heavy atom. The van der Waals surface area contributed by atoms with Crippen molar-refractivity contribution in [2.75, 3.05) is 12.4 Å². The van der Waals surface area contributed by atoms with E-state index in [1.54, 1.807) is 32.2 Å². The Kier molecular flexibility index (Phi) is 3.69. The summed E-state index contributed by atoms with van der Waals surface area (Å²) in [7, 11) is 1.55. The number of rotatable bonds is 4. The van der Waals surface area contributed by atoms with Gasteiger partial charge >= 0.3 is 5.97 Å². The molecular formula is C13H13N3O4. The van der Waals surface area contributed by atoms with Gasteiger partial charge in [-0.05, 0) is 30.7 Å². The zero-order valence-electron chi connectivity index (χ0n) is 10.9. The standard InChI is InChI=1S/C13H13N3O4/c1-7-5-8(20-2)3-4-9(7)16-12(17)10-11(13(18)19)15-6-14-10/h3-6H,1-2H3,(H,14,15)(H,16,17)(H,18,19). The highest BCUT2D eigenvalue weighted by atomic mass is 16.5. The molecule has 0 spiro atoms. The average molecular weight is 275 g/mol. The van der Waals surface area contributed by atoms with E-state index in [0.717, 1.165) is 5.56 Å². The lowest BCUT2D eigenvalue weighted by atomic mass is 10.2. The number of imidazole rings is 1. The third-order valence-electron chi connectivity index (χ3n) is 2.75. The Hall–Kier alpha value is -2.83. The third-order valence-corrected chi connectivity index (χ3v) is 2.75. The first-order valence-corrected chi connectivity index (χ1v) is 5.75. The second kappa shape index (κ2) is 5.43. The van der Waals surface area contributed by atoms with Gasteiger partial charge in [-0.25, -0.2) is 9.78 Å². The Morgan fingerprint density at radius 3 is 2.75 bits per heavy atom. The van der Waals surface area contributed by atoms with E-state index >= 15 is 0 Å². The van der Waals surface area contributed by atoms with Crippen LogP contribution in [0, 0.1) is 6.92 Å². The number of hydrogen-bond donors (Lipinski definition) is 3. The van der Waals surface area contributed by atoms with Gasteiger partial charge in [0.15, 0.2) is 11.4 Å². The second-order valence-corrected chi connectivity index (χ2v) is 4.07. The Labute approximate surface area is 114 Å². The summed E-state index contributed by atoms with van der Waals surface area (Å²) >= 11 is 0. The molecular weight excluding hydrogens is 262 g/mol. The molecule has 7 nitrogen and oxygen atoms in total. The average Bonchev–Trinajstić information content (AvgIpc) is 2.90. The van der Waals surface area contributed by atoms with Crippen LogP contribution in [-0.4, -0.2) is 34.1 Å². The molecule has 0 fully saturated rings. The summed E-state index contributed by atoms with van der Waals surface area (Å²) in [6.45, 7) is 1.81. The van der Waals surface area contributed by atoms with E-state index in [1.165, 1.54) is 6.33 Å². The fourth-order valence-electron chi connectivity index (χ4n) is 1.71. The zero-order valence-corrected chi connectivity index (χ0v) is 10.9. The number of aromatic carboxylic acids is 1. The number of aryl methyl sites for hydroxylation is 1. The minimum absolute atomic E-state index is 0.160. The fraction of sp³-hybridized carbons (Fsp3) is 0.154. The van der Waals surface area contributed by atoms with Crippen molar-refractivity contribution in [3.05, 3.63) is 41.5 Å². The predicted octanol–water partition coefficient (Wildman–Crippen LogP) is 1.68. The van der Waals surface area contributed by atoms with Gasteiger partial charge in [0.2, 0.25) is 0 Å². The van der Waals surface area contributed by atoms with Gasteiger partial charge in [0.05, 0.1) is 13.4 Å². The molecule has 3 N–H and O–H groups in total. The van der Waals surface area contributed by atoms with Gasteiger partial charge in [-0.2, -0.15) is 0 Å². The van der Waals surface area contributed by atoms with Gasteiger partial charge in [0.1, 0.15) is 5.75 Å². The van der Waals surface area contributed by atoms with Gasteiger partial charge in [0.25, 0.3) is 5.91 Å². The van der Waals surface area contributed by atoms with Gasteiger partial charge < -0.3 is 20.1 Å². The third kappa shape index (κ3) is 2.61. The number of anilines is 1. The van der Waals surface area contributed by atoms with Crippen molar-refractivity contribution >= 4 is 17.6 Å². The van der Waals surface area contributed by atoms with E-state index in [4.69, 9.17) is 9.84 Å². The minimum Gasteiger partial charge on any atom is -0.497 e. The number of benzene rings is 1. The maximum absolute atomic E-state index is 12.0. The molecule has 1 heterocycles. The number of carbonyl (C=O) groups is 2. The van der Waals surface area contributed by atoms with Crippen LogP contribution in [-0.2, 0) is 0 Å². The summed E-state index contributed by atoms with van der Waals surface area (Å²) in [5.74, 6) is -1.15.